The fourth-order valence-corrected chi connectivity index (χ4v) is 3.50. The molecule has 0 aromatic rings. The topological polar surface area (TPSA) is 88.2 Å². The molecule has 0 aromatic heterocycles. The first kappa shape index (κ1) is 20.3. The van der Waals surface area contributed by atoms with Gasteiger partial charge in [0.1, 0.15) is 0 Å². The third-order valence-electron chi connectivity index (χ3n) is 3.54. The van der Waals surface area contributed by atoms with E-state index >= 15 is 0 Å². The van der Waals surface area contributed by atoms with Gasteiger partial charge in [0.05, 0.1) is 31.6 Å². The minimum atomic E-state index is -3.31. The molecule has 1 fully saturated rings. The van der Waals surface area contributed by atoms with Crippen molar-refractivity contribution in [3.8, 4) is 0 Å². The van der Waals surface area contributed by atoms with E-state index in [2.05, 4.69) is 5.32 Å². The van der Waals surface area contributed by atoms with E-state index in [4.69, 9.17) is 9.47 Å². The lowest BCUT2D eigenvalue weighted by molar-refractivity contribution is -0.131. The second-order valence-corrected chi connectivity index (χ2v) is 7.77. The van der Waals surface area contributed by atoms with E-state index in [-0.39, 0.29) is 30.9 Å². The fraction of sp³-hybridized carbons (Fsp3) is 0.929. The van der Waals surface area contributed by atoms with Crippen LogP contribution < -0.4 is 5.32 Å². The SMILES string of the molecule is COCCNCC(=O)N1CCN(S(=O)(=O)CCOC(C)C)CC1. The van der Waals surface area contributed by atoms with E-state index in [1.807, 2.05) is 13.8 Å². The molecule has 1 aliphatic rings. The molecule has 0 aromatic carbocycles. The Morgan fingerprint density at radius 1 is 1.17 bits per heavy atom. The molecule has 0 saturated carbocycles. The van der Waals surface area contributed by atoms with Gasteiger partial charge in [0, 0.05) is 39.8 Å². The summed E-state index contributed by atoms with van der Waals surface area (Å²) >= 11 is 0. The number of nitrogens with one attached hydrogen (secondary N) is 1. The largest absolute Gasteiger partial charge is 0.383 e. The Balaban J connectivity index is 2.32. The second-order valence-electron chi connectivity index (χ2n) is 5.68. The van der Waals surface area contributed by atoms with Gasteiger partial charge in [-0.3, -0.25) is 4.79 Å². The van der Waals surface area contributed by atoms with Crippen LogP contribution in [0.15, 0.2) is 0 Å². The molecule has 0 atom stereocenters. The van der Waals surface area contributed by atoms with Crippen molar-refractivity contribution < 1.29 is 22.7 Å². The van der Waals surface area contributed by atoms with Crippen LogP contribution in [0.2, 0.25) is 0 Å². The van der Waals surface area contributed by atoms with Crippen LogP contribution in [0.4, 0.5) is 0 Å². The number of sulfonamides is 1. The third-order valence-corrected chi connectivity index (χ3v) is 5.37. The molecule has 0 unspecified atom stereocenters. The average Bonchev–Trinajstić information content (AvgIpc) is 2.51. The van der Waals surface area contributed by atoms with Crippen LogP contribution in [0.25, 0.3) is 0 Å². The number of nitrogens with zero attached hydrogens (tertiary/aromatic N) is 2. The summed E-state index contributed by atoms with van der Waals surface area (Å²) < 4.78 is 36.1. The van der Waals surface area contributed by atoms with Crippen molar-refractivity contribution in [1.29, 1.82) is 0 Å². The minimum absolute atomic E-state index is 0.0127. The van der Waals surface area contributed by atoms with Crippen molar-refractivity contribution in [2.24, 2.45) is 0 Å². The zero-order valence-electron chi connectivity index (χ0n) is 14.3. The van der Waals surface area contributed by atoms with E-state index in [1.165, 1.54) is 4.31 Å². The molecule has 1 saturated heterocycles. The van der Waals surface area contributed by atoms with Gasteiger partial charge in [0.25, 0.3) is 0 Å². The van der Waals surface area contributed by atoms with Gasteiger partial charge in [0.2, 0.25) is 15.9 Å². The monoisotopic (exact) mass is 351 g/mol. The summed E-state index contributed by atoms with van der Waals surface area (Å²) in [5, 5.41) is 3.00. The maximum Gasteiger partial charge on any atom is 0.236 e. The number of piperazine rings is 1. The first-order chi connectivity index (χ1) is 10.9. The van der Waals surface area contributed by atoms with Gasteiger partial charge in [-0.15, -0.1) is 0 Å². The lowest BCUT2D eigenvalue weighted by Gasteiger charge is -2.34. The Bertz CT molecular complexity index is 447. The van der Waals surface area contributed by atoms with E-state index in [0.29, 0.717) is 39.3 Å². The Morgan fingerprint density at radius 2 is 1.83 bits per heavy atom. The highest BCUT2D eigenvalue weighted by Gasteiger charge is 2.28. The molecule has 1 amide bonds. The van der Waals surface area contributed by atoms with E-state index in [9.17, 15) is 13.2 Å². The smallest absolute Gasteiger partial charge is 0.236 e. The molecule has 136 valence electrons. The molecule has 8 nitrogen and oxygen atoms in total. The number of hydrogen-bond donors (Lipinski definition) is 1. The number of carbonyl (C=O) groups is 1. The maximum atomic E-state index is 12.2. The number of carbonyl (C=O) groups excluding carboxylic acids is 1. The Kier molecular flexibility index (Phi) is 9.00. The predicted octanol–water partition coefficient (Wildman–Crippen LogP) is -0.879. The summed E-state index contributed by atoms with van der Waals surface area (Å²) in [5.41, 5.74) is 0. The first-order valence-electron chi connectivity index (χ1n) is 7.93. The molecule has 1 N–H and O–H groups in total. The summed E-state index contributed by atoms with van der Waals surface area (Å²) in [7, 11) is -1.71. The summed E-state index contributed by atoms with van der Waals surface area (Å²) in [4.78, 5) is 13.7. The zero-order chi connectivity index (χ0) is 17.3. The summed E-state index contributed by atoms with van der Waals surface area (Å²) in [6, 6.07) is 0. The van der Waals surface area contributed by atoms with Crippen LogP contribution in [0.5, 0.6) is 0 Å². The summed E-state index contributed by atoms with van der Waals surface area (Å²) in [6.07, 6.45) is 0.0188. The van der Waals surface area contributed by atoms with Crippen LogP contribution in [0, 0.1) is 0 Å². The van der Waals surface area contributed by atoms with Crippen molar-refractivity contribution >= 4 is 15.9 Å². The maximum absolute atomic E-state index is 12.2. The number of hydrogen-bond acceptors (Lipinski definition) is 6. The number of methoxy groups -OCH3 is 1. The van der Waals surface area contributed by atoms with Crippen molar-refractivity contribution in [2.75, 3.05) is 65.3 Å². The van der Waals surface area contributed by atoms with Gasteiger partial charge in [-0.05, 0) is 13.8 Å². The molecule has 0 radical (unpaired) electrons. The molecule has 0 aliphatic carbocycles. The van der Waals surface area contributed by atoms with Gasteiger partial charge >= 0.3 is 0 Å². The highest BCUT2D eigenvalue weighted by molar-refractivity contribution is 7.89. The fourth-order valence-electron chi connectivity index (χ4n) is 2.22. The minimum Gasteiger partial charge on any atom is -0.383 e. The molecular weight excluding hydrogens is 322 g/mol. The number of rotatable bonds is 10. The lowest BCUT2D eigenvalue weighted by Crippen LogP contribution is -2.53. The normalized spacial score (nSPS) is 17.0. The molecule has 0 bridgehead atoms. The van der Waals surface area contributed by atoms with Crippen molar-refractivity contribution in [3.63, 3.8) is 0 Å². The van der Waals surface area contributed by atoms with Crippen LogP contribution in [0.3, 0.4) is 0 Å². The molecule has 0 spiro atoms. The lowest BCUT2D eigenvalue weighted by atomic mass is 10.3. The van der Waals surface area contributed by atoms with Crippen molar-refractivity contribution in [3.05, 3.63) is 0 Å². The van der Waals surface area contributed by atoms with E-state index in [0.717, 1.165) is 0 Å². The summed E-state index contributed by atoms with van der Waals surface area (Å²) in [6.45, 7) is 6.90. The molecule has 1 rings (SSSR count). The Morgan fingerprint density at radius 3 is 2.39 bits per heavy atom. The zero-order valence-corrected chi connectivity index (χ0v) is 15.1. The Labute approximate surface area is 139 Å². The van der Waals surface area contributed by atoms with Gasteiger partial charge in [-0.25, -0.2) is 8.42 Å². The predicted molar refractivity (Wildman–Crippen MR) is 87.8 cm³/mol. The molecule has 1 heterocycles. The average molecular weight is 351 g/mol. The molecule has 9 heteroatoms. The summed E-state index contributed by atoms with van der Waals surface area (Å²) in [5.74, 6) is -0.0289. The number of ether oxygens (including phenoxy) is 2. The Hall–Kier alpha value is -0.740. The van der Waals surface area contributed by atoms with Crippen molar-refractivity contribution in [2.45, 2.75) is 20.0 Å². The van der Waals surface area contributed by atoms with Crippen LogP contribution in [-0.4, -0.2) is 95.0 Å². The van der Waals surface area contributed by atoms with E-state index < -0.39 is 10.0 Å². The van der Waals surface area contributed by atoms with Crippen LogP contribution in [-0.2, 0) is 24.3 Å². The molecular formula is C14H29N3O5S. The van der Waals surface area contributed by atoms with Gasteiger partial charge in [-0.1, -0.05) is 0 Å². The van der Waals surface area contributed by atoms with Crippen LogP contribution >= 0.6 is 0 Å². The third kappa shape index (κ3) is 7.58. The number of amides is 1. The van der Waals surface area contributed by atoms with Gasteiger partial charge in [-0.2, -0.15) is 4.31 Å². The van der Waals surface area contributed by atoms with Crippen molar-refractivity contribution in [1.82, 2.24) is 14.5 Å². The van der Waals surface area contributed by atoms with Gasteiger partial charge in [0.15, 0.2) is 0 Å². The van der Waals surface area contributed by atoms with Gasteiger partial charge < -0.3 is 19.7 Å². The van der Waals surface area contributed by atoms with Crippen LogP contribution in [0.1, 0.15) is 13.8 Å². The molecule has 1 aliphatic heterocycles. The first-order valence-corrected chi connectivity index (χ1v) is 9.54. The highest BCUT2D eigenvalue weighted by atomic mass is 32.2. The quantitative estimate of drug-likeness (QED) is 0.514. The second kappa shape index (κ2) is 10.2. The highest BCUT2D eigenvalue weighted by Crippen LogP contribution is 2.08. The molecule has 23 heavy (non-hydrogen) atoms. The van der Waals surface area contributed by atoms with E-state index in [1.54, 1.807) is 12.0 Å². The standard InChI is InChI=1S/C14H29N3O5S/c1-13(2)22-10-11-23(19,20)17-7-5-16(6-8-17)14(18)12-15-4-9-21-3/h13,15H,4-12H2,1-3H3.